The molecule has 0 aromatic rings. The van der Waals surface area contributed by atoms with E-state index in [0.717, 1.165) is 51.4 Å². The Bertz CT molecular complexity index is 840. The van der Waals surface area contributed by atoms with Gasteiger partial charge in [-0.15, -0.1) is 0 Å². The fourth-order valence-corrected chi connectivity index (χ4v) is 6.87. The Morgan fingerprint density at radius 3 is 1.60 bits per heavy atom. The highest BCUT2D eigenvalue weighted by Gasteiger charge is 2.27. The second-order valence-electron chi connectivity index (χ2n) is 14.2. The van der Waals surface area contributed by atoms with Crippen LogP contribution < -0.4 is 11.1 Å². The molecule has 3 unspecified atom stereocenters. The number of nitrogens with one attached hydrogen (secondary N) is 1. The van der Waals surface area contributed by atoms with Gasteiger partial charge in [-0.25, -0.2) is 4.57 Å². The smallest absolute Gasteiger partial charge is 0.391 e. The molecule has 8 nitrogen and oxygen atoms in total. The Hall–Kier alpha value is -1.02. The molecule has 0 radical (unpaired) electrons. The third-order valence-corrected chi connectivity index (χ3v) is 10.3. The minimum atomic E-state index is -4.31. The number of amides is 1. The first-order valence-corrected chi connectivity index (χ1v) is 22.4. The predicted molar refractivity (Wildman–Crippen MR) is 212 cm³/mol. The highest BCUT2D eigenvalue weighted by Crippen LogP contribution is 2.43. The maximum absolute atomic E-state index is 12.7. The molecule has 0 aliphatic carbocycles. The lowest BCUT2D eigenvalue weighted by Gasteiger charge is -2.25. The van der Waals surface area contributed by atoms with Crippen molar-refractivity contribution in [3.05, 3.63) is 24.3 Å². The predicted octanol–water partition coefficient (Wildman–Crippen LogP) is 11.4. The van der Waals surface area contributed by atoms with Gasteiger partial charge in [0.25, 0.3) is 0 Å². The molecule has 0 aromatic carbocycles. The monoisotopic (exact) mass is 729 g/mol. The number of allylic oxidation sites excluding steroid dienone is 4. The van der Waals surface area contributed by atoms with Crippen molar-refractivity contribution in [1.82, 2.24) is 5.32 Å². The summed E-state index contributed by atoms with van der Waals surface area (Å²) >= 11 is 0. The molecule has 0 saturated carbocycles. The van der Waals surface area contributed by atoms with E-state index in [4.69, 9.17) is 14.8 Å². The van der Waals surface area contributed by atoms with E-state index in [1.807, 2.05) is 0 Å². The normalized spacial score (nSPS) is 14.4. The maximum Gasteiger partial charge on any atom is 0.472 e. The van der Waals surface area contributed by atoms with Crippen LogP contribution in [0.4, 0.5) is 0 Å². The number of nitrogens with two attached hydrogens (primary N) is 1. The van der Waals surface area contributed by atoms with Crippen molar-refractivity contribution in [3.63, 3.8) is 0 Å². The molecular weight excluding hydrogens is 647 g/mol. The summed E-state index contributed by atoms with van der Waals surface area (Å²) in [6.45, 7) is 4.18. The fourth-order valence-electron chi connectivity index (χ4n) is 6.11. The third-order valence-electron chi connectivity index (χ3n) is 9.31. The number of aliphatic hydroxyl groups excluding tert-OH is 1. The summed E-state index contributed by atoms with van der Waals surface area (Å²) in [4.78, 5) is 22.7. The van der Waals surface area contributed by atoms with Gasteiger partial charge in [0, 0.05) is 13.0 Å². The van der Waals surface area contributed by atoms with Crippen LogP contribution in [0.1, 0.15) is 200 Å². The van der Waals surface area contributed by atoms with Gasteiger partial charge in [0.2, 0.25) is 5.91 Å². The summed E-state index contributed by atoms with van der Waals surface area (Å²) in [5, 5.41) is 13.8. The molecule has 5 N–H and O–H groups in total. The lowest BCUT2D eigenvalue weighted by Crippen LogP contribution is -2.46. The molecular formula is C41H81N2O6P. The molecule has 1 amide bonds. The number of aliphatic hydroxyl groups is 1. The molecule has 50 heavy (non-hydrogen) atoms. The molecule has 0 aliphatic rings. The van der Waals surface area contributed by atoms with Crippen molar-refractivity contribution < 1.29 is 28.4 Å². The molecule has 0 fully saturated rings. The molecule has 0 rings (SSSR count). The zero-order valence-electron chi connectivity index (χ0n) is 32.6. The summed E-state index contributed by atoms with van der Waals surface area (Å²) in [6.07, 6.45) is 41.8. The number of phosphoric ester groups is 1. The van der Waals surface area contributed by atoms with Gasteiger partial charge in [0.1, 0.15) is 0 Å². The first-order valence-electron chi connectivity index (χ1n) is 21.0. The van der Waals surface area contributed by atoms with Crippen LogP contribution in [0.15, 0.2) is 24.3 Å². The number of hydrogen-bond acceptors (Lipinski definition) is 6. The fraction of sp³-hybridized carbons (Fsp3) is 0.878. The van der Waals surface area contributed by atoms with Crippen LogP contribution in [0.2, 0.25) is 0 Å². The minimum Gasteiger partial charge on any atom is -0.391 e. The van der Waals surface area contributed by atoms with Crippen LogP contribution >= 0.6 is 7.82 Å². The first-order chi connectivity index (χ1) is 24.4. The number of carbonyl (C=O) groups is 1. The molecule has 296 valence electrons. The Labute approximate surface area is 308 Å². The SMILES string of the molecule is CCCCCC/C=C\C/C=C\CCCCCCCCCC(=O)NC(COP(=O)(O)OCCN)C(O)CCCCCCCCCCCCCCC. The van der Waals surface area contributed by atoms with Gasteiger partial charge in [0.05, 0.1) is 25.4 Å². The zero-order valence-corrected chi connectivity index (χ0v) is 33.5. The summed E-state index contributed by atoms with van der Waals surface area (Å²) in [5.74, 6) is -0.170. The van der Waals surface area contributed by atoms with Gasteiger partial charge in [0.15, 0.2) is 0 Å². The van der Waals surface area contributed by atoms with E-state index in [0.29, 0.717) is 12.8 Å². The molecule has 0 aromatic heterocycles. The Kier molecular flexibility index (Phi) is 37.0. The van der Waals surface area contributed by atoms with Crippen molar-refractivity contribution in [2.75, 3.05) is 19.8 Å². The van der Waals surface area contributed by atoms with Gasteiger partial charge in [-0.1, -0.05) is 173 Å². The lowest BCUT2D eigenvalue weighted by molar-refractivity contribution is -0.123. The van der Waals surface area contributed by atoms with Crippen LogP contribution in [-0.4, -0.2) is 47.8 Å². The average Bonchev–Trinajstić information content (AvgIpc) is 3.10. The standard InChI is InChI=1S/C41H81N2O6P/c1-3-5-7-9-11-13-15-17-18-19-20-21-23-25-27-29-31-33-35-41(45)43-39(38-49-50(46,47)48-37-36-42)40(44)34-32-30-28-26-24-22-16-14-12-10-8-6-4-2/h13,15,18-19,39-40,44H,3-12,14,16-17,20-38,42H2,1-2H3,(H,43,45)(H,46,47)/b15-13-,19-18-. The van der Waals surface area contributed by atoms with Gasteiger partial charge in [-0.05, 0) is 44.9 Å². The van der Waals surface area contributed by atoms with E-state index in [9.17, 15) is 19.4 Å². The third kappa shape index (κ3) is 35.4. The van der Waals surface area contributed by atoms with E-state index in [1.165, 1.54) is 122 Å². The lowest BCUT2D eigenvalue weighted by atomic mass is 10.0. The molecule has 0 aliphatic heterocycles. The Morgan fingerprint density at radius 2 is 1.10 bits per heavy atom. The average molecular weight is 729 g/mol. The number of carbonyl (C=O) groups excluding carboxylic acids is 1. The largest absolute Gasteiger partial charge is 0.472 e. The van der Waals surface area contributed by atoms with E-state index < -0.39 is 20.0 Å². The van der Waals surface area contributed by atoms with Crippen LogP contribution in [0, 0.1) is 0 Å². The second kappa shape index (κ2) is 37.7. The number of hydrogen-bond donors (Lipinski definition) is 4. The van der Waals surface area contributed by atoms with E-state index >= 15 is 0 Å². The van der Waals surface area contributed by atoms with Crippen LogP contribution in [0.25, 0.3) is 0 Å². The van der Waals surface area contributed by atoms with Crippen molar-refractivity contribution in [1.29, 1.82) is 0 Å². The maximum atomic E-state index is 12.7. The minimum absolute atomic E-state index is 0.0878. The molecule has 0 bridgehead atoms. The molecule has 9 heteroatoms. The zero-order chi connectivity index (χ0) is 36.8. The van der Waals surface area contributed by atoms with Crippen LogP contribution in [-0.2, 0) is 18.4 Å². The number of rotatable bonds is 39. The molecule has 0 spiro atoms. The van der Waals surface area contributed by atoms with Gasteiger partial charge in [-0.3, -0.25) is 13.8 Å². The van der Waals surface area contributed by atoms with Crippen LogP contribution in [0.3, 0.4) is 0 Å². The summed E-state index contributed by atoms with van der Waals surface area (Å²) < 4.78 is 22.1. The highest BCUT2D eigenvalue weighted by atomic mass is 31.2. The van der Waals surface area contributed by atoms with Crippen molar-refractivity contribution >= 4 is 13.7 Å². The van der Waals surface area contributed by atoms with Crippen molar-refractivity contribution in [3.8, 4) is 0 Å². The number of unbranched alkanes of at least 4 members (excludes halogenated alkanes) is 23. The van der Waals surface area contributed by atoms with Crippen molar-refractivity contribution in [2.24, 2.45) is 5.73 Å². The Morgan fingerprint density at radius 1 is 0.660 bits per heavy atom. The van der Waals surface area contributed by atoms with E-state index in [2.05, 4.69) is 43.5 Å². The summed E-state index contributed by atoms with van der Waals surface area (Å²) in [6, 6.07) is -0.776. The quantitative estimate of drug-likeness (QED) is 0.0281. The molecule has 0 saturated heterocycles. The van der Waals surface area contributed by atoms with Gasteiger partial charge in [-0.2, -0.15) is 0 Å². The summed E-state index contributed by atoms with van der Waals surface area (Å²) in [7, 11) is -4.31. The second-order valence-corrected chi connectivity index (χ2v) is 15.7. The molecule has 0 heterocycles. The topological polar surface area (TPSA) is 131 Å². The Balaban J connectivity index is 4.18. The van der Waals surface area contributed by atoms with E-state index in [-0.39, 0.29) is 25.7 Å². The van der Waals surface area contributed by atoms with Gasteiger partial charge < -0.3 is 21.1 Å². The van der Waals surface area contributed by atoms with Crippen LogP contribution in [0.5, 0.6) is 0 Å². The highest BCUT2D eigenvalue weighted by molar-refractivity contribution is 7.47. The number of phosphoric acid groups is 1. The molecule has 3 atom stereocenters. The first kappa shape index (κ1) is 49.0. The van der Waals surface area contributed by atoms with E-state index in [1.54, 1.807) is 0 Å². The van der Waals surface area contributed by atoms with Gasteiger partial charge >= 0.3 is 7.82 Å². The van der Waals surface area contributed by atoms with Crippen molar-refractivity contribution in [2.45, 2.75) is 212 Å². The summed E-state index contributed by atoms with van der Waals surface area (Å²) in [5.41, 5.74) is 5.37.